The first-order chi connectivity index (χ1) is 12.7. The van der Waals surface area contributed by atoms with E-state index in [-0.39, 0.29) is 17.9 Å². The monoisotopic (exact) mass is 352 g/mol. The average Bonchev–Trinajstić information content (AvgIpc) is 3.17. The van der Waals surface area contributed by atoms with Gasteiger partial charge in [-0.2, -0.15) is 0 Å². The molecule has 1 fully saturated rings. The van der Waals surface area contributed by atoms with Gasteiger partial charge in [-0.25, -0.2) is 0 Å². The molecule has 26 heavy (non-hydrogen) atoms. The molecule has 1 N–H and O–H groups in total. The highest BCUT2D eigenvalue weighted by Crippen LogP contribution is 2.20. The van der Waals surface area contributed by atoms with Crippen molar-refractivity contribution in [3.8, 4) is 5.75 Å². The molecule has 2 amide bonds. The van der Waals surface area contributed by atoms with E-state index in [0.717, 1.165) is 29.7 Å². The van der Waals surface area contributed by atoms with Crippen molar-refractivity contribution in [2.24, 2.45) is 0 Å². The topological polar surface area (TPSA) is 58.6 Å². The van der Waals surface area contributed by atoms with Crippen LogP contribution in [0.5, 0.6) is 5.75 Å². The second-order valence-corrected chi connectivity index (χ2v) is 6.47. The lowest BCUT2D eigenvalue weighted by atomic mass is 10.1. The molecule has 1 heterocycles. The maximum Gasteiger partial charge on any atom is 0.243 e. The predicted octanol–water partition coefficient (Wildman–Crippen LogP) is 2.55. The molecule has 0 bridgehead atoms. The van der Waals surface area contributed by atoms with Crippen molar-refractivity contribution in [3.63, 3.8) is 0 Å². The number of rotatable bonds is 6. The van der Waals surface area contributed by atoms with E-state index >= 15 is 0 Å². The molecule has 0 saturated carbocycles. The second kappa shape index (κ2) is 8.52. The Kier molecular flexibility index (Phi) is 5.89. The van der Waals surface area contributed by atoms with Crippen LogP contribution in [0.25, 0.3) is 0 Å². The summed E-state index contributed by atoms with van der Waals surface area (Å²) < 4.78 is 5.14. The van der Waals surface area contributed by atoms with Gasteiger partial charge in [-0.05, 0) is 36.1 Å². The van der Waals surface area contributed by atoms with Gasteiger partial charge in [0.2, 0.25) is 11.8 Å². The number of likely N-dealkylation sites (tertiary alicyclic amines) is 1. The molecule has 2 aromatic carbocycles. The Morgan fingerprint density at radius 2 is 1.81 bits per heavy atom. The standard InChI is InChI=1S/C21H24N2O3/c1-26-18-11-9-16(10-12-18)14-20(24)23-13-5-8-19(23)21(25)22-15-17-6-3-2-4-7-17/h2-4,6-7,9-12,19H,5,8,13-15H2,1H3,(H,22,25)/t19-/m0/s1. The lowest BCUT2D eigenvalue weighted by molar-refractivity contribution is -0.138. The lowest BCUT2D eigenvalue weighted by Gasteiger charge is -2.24. The third-order valence-electron chi connectivity index (χ3n) is 4.70. The van der Waals surface area contributed by atoms with Gasteiger partial charge in [0.05, 0.1) is 13.5 Å². The van der Waals surface area contributed by atoms with Gasteiger partial charge in [0.15, 0.2) is 0 Å². The minimum Gasteiger partial charge on any atom is -0.497 e. The minimum absolute atomic E-state index is 0.00692. The molecule has 1 atom stereocenters. The largest absolute Gasteiger partial charge is 0.497 e. The van der Waals surface area contributed by atoms with Crippen molar-refractivity contribution in [2.75, 3.05) is 13.7 Å². The van der Waals surface area contributed by atoms with E-state index in [0.29, 0.717) is 19.5 Å². The van der Waals surface area contributed by atoms with Crippen LogP contribution in [0.15, 0.2) is 54.6 Å². The highest BCUT2D eigenvalue weighted by Gasteiger charge is 2.33. The highest BCUT2D eigenvalue weighted by molar-refractivity contribution is 5.89. The number of carbonyl (C=O) groups is 2. The van der Waals surface area contributed by atoms with Gasteiger partial charge in [-0.15, -0.1) is 0 Å². The van der Waals surface area contributed by atoms with Gasteiger partial charge in [-0.3, -0.25) is 9.59 Å². The quantitative estimate of drug-likeness (QED) is 0.869. The maximum atomic E-state index is 12.7. The summed E-state index contributed by atoms with van der Waals surface area (Å²) in [6.45, 7) is 1.12. The van der Waals surface area contributed by atoms with Gasteiger partial charge >= 0.3 is 0 Å². The number of benzene rings is 2. The summed E-state index contributed by atoms with van der Waals surface area (Å²) in [6.07, 6.45) is 1.87. The Hall–Kier alpha value is -2.82. The molecule has 3 rings (SSSR count). The Morgan fingerprint density at radius 1 is 1.08 bits per heavy atom. The maximum absolute atomic E-state index is 12.7. The summed E-state index contributed by atoms with van der Waals surface area (Å²) in [7, 11) is 1.61. The van der Waals surface area contributed by atoms with E-state index < -0.39 is 0 Å². The van der Waals surface area contributed by atoms with Crippen molar-refractivity contribution in [3.05, 3.63) is 65.7 Å². The Bertz CT molecular complexity index is 744. The van der Waals surface area contributed by atoms with Crippen LogP contribution < -0.4 is 10.1 Å². The zero-order valence-corrected chi connectivity index (χ0v) is 15.0. The molecule has 0 radical (unpaired) electrons. The van der Waals surface area contributed by atoms with E-state index in [9.17, 15) is 9.59 Å². The van der Waals surface area contributed by atoms with Gasteiger partial charge in [0, 0.05) is 13.1 Å². The molecule has 0 aromatic heterocycles. The fourth-order valence-corrected chi connectivity index (χ4v) is 3.26. The molecule has 2 aromatic rings. The van der Waals surface area contributed by atoms with Crippen molar-refractivity contribution >= 4 is 11.8 Å². The van der Waals surface area contributed by atoms with Crippen LogP contribution in [0.1, 0.15) is 24.0 Å². The molecule has 0 aliphatic carbocycles. The Morgan fingerprint density at radius 3 is 2.50 bits per heavy atom. The van der Waals surface area contributed by atoms with Gasteiger partial charge in [0.1, 0.15) is 11.8 Å². The first kappa shape index (κ1) is 18.0. The summed E-state index contributed by atoms with van der Waals surface area (Å²) in [5.74, 6) is 0.683. The van der Waals surface area contributed by atoms with E-state index in [2.05, 4.69) is 5.32 Å². The second-order valence-electron chi connectivity index (χ2n) is 6.47. The molecule has 5 heteroatoms. The molecular weight excluding hydrogens is 328 g/mol. The third-order valence-corrected chi connectivity index (χ3v) is 4.70. The van der Waals surface area contributed by atoms with Crippen LogP contribution >= 0.6 is 0 Å². The van der Waals surface area contributed by atoms with Crippen LogP contribution in [0.4, 0.5) is 0 Å². The van der Waals surface area contributed by atoms with Gasteiger partial charge in [-0.1, -0.05) is 42.5 Å². The third kappa shape index (κ3) is 4.42. The van der Waals surface area contributed by atoms with Gasteiger partial charge in [0.25, 0.3) is 0 Å². The van der Waals surface area contributed by atoms with Crippen LogP contribution in [0.3, 0.4) is 0 Å². The fraction of sp³-hybridized carbons (Fsp3) is 0.333. The van der Waals surface area contributed by atoms with Gasteiger partial charge < -0.3 is 15.0 Å². The van der Waals surface area contributed by atoms with E-state index in [4.69, 9.17) is 4.74 Å². The summed E-state index contributed by atoms with van der Waals surface area (Å²) in [5.41, 5.74) is 1.97. The van der Waals surface area contributed by atoms with E-state index in [1.165, 1.54) is 0 Å². The van der Waals surface area contributed by atoms with Crippen molar-refractivity contribution in [2.45, 2.75) is 31.8 Å². The van der Waals surface area contributed by atoms with Crippen LogP contribution in [0, 0.1) is 0 Å². The number of carbonyl (C=O) groups excluding carboxylic acids is 2. The summed E-state index contributed by atoms with van der Waals surface area (Å²) in [5, 5.41) is 2.96. The average molecular weight is 352 g/mol. The predicted molar refractivity (Wildman–Crippen MR) is 99.7 cm³/mol. The SMILES string of the molecule is COc1ccc(CC(=O)N2CCC[C@H]2C(=O)NCc2ccccc2)cc1. The van der Waals surface area contributed by atoms with Crippen LogP contribution in [-0.2, 0) is 22.6 Å². The van der Waals surface area contributed by atoms with E-state index in [1.807, 2.05) is 54.6 Å². The van der Waals surface area contributed by atoms with Crippen molar-refractivity contribution in [1.82, 2.24) is 10.2 Å². The van der Waals surface area contributed by atoms with Crippen LogP contribution in [-0.4, -0.2) is 36.4 Å². The minimum atomic E-state index is -0.371. The normalized spacial score (nSPS) is 16.3. The fourth-order valence-electron chi connectivity index (χ4n) is 3.26. The first-order valence-corrected chi connectivity index (χ1v) is 8.91. The Labute approximate surface area is 154 Å². The molecule has 0 unspecified atom stereocenters. The highest BCUT2D eigenvalue weighted by atomic mass is 16.5. The molecule has 1 aliphatic heterocycles. The number of amides is 2. The van der Waals surface area contributed by atoms with Crippen LogP contribution in [0.2, 0.25) is 0 Å². The number of ether oxygens (including phenoxy) is 1. The summed E-state index contributed by atoms with van der Waals surface area (Å²) >= 11 is 0. The number of hydrogen-bond acceptors (Lipinski definition) is 3. The molecule has 1 aliphatic rings. The molecule has 5 nitrogen and oxygen atoms in total. The smallest absolute Gasteiger partial charge is 0.243 e. The molecular formula is C21H24N2O3. The molecule has 136 valence electrons. The van der Waals surface area contributed by atoms with Crippen molar-refractivity contribution in [1.29, 1.82) is 0 Å². The zero-order chi connectivity index (χ0) is 18.4. The number of nitrogens with one attached hydrogen (secondary N) is 1. The van der Waals surface area contributed by atoms with Crippen molar-refractivity contribution < 1.29 is 14.3 Å². The lowest BCUT2D eigenvalue weighted by Crippen LogP contribution is -2.46. The van der Waals surface area contributed by atoms with E-state index in [1.54, 1.807) is 12.0 Å². The summed E-state index contributed by atoms with van der Waals surface area (Å²) in [4.78, 5) is 26.9. The molecule has 1 saturated heterocycles. The number of hydrogen-bond donors (Lipinski definition) is 1. The number of nitrogens with zero attached hydrogens (tertiary/aromatic N) is 1. The zero-order valence-electron chi connectivity index (χ0n) is 15.0. The summed E-state index contributed by atoms with van der Waals surface area (Å²) in [6, 6.07) is 16.9. The number of methoxy groups -OCH3 is 1. The first-order valence-electron chi connectivity index (χ1n) is 8.91. The Balaban J connectivity index is 1.57. The molecule has 0 spiro atoms.